The van der Waals surface area contributed by atoms with Gasteiger partial charge in [-0.1, -0.05) is 18.2 Å². The number of Topliss-reactive ketones (excluding diaryl/α,β-unsaturated/α-hetero) is 1. The minimum absolute atomic E-state index is 0.118. The van der Waals surface area contributed by atoms with Crippen molar-refractivity contribution in [3.05, 3.63) is 23.8 Å². The predicted octanol–water partition coefficient (Wildman–Crippen LogP) is 0.772. The van der Waals surface area contributed by atoms with Crippen LogP contribution in [0.2, 0.25) is 0 Å². The van der Waals surface area contributed by atoms with E-state index in [2.05, 4.69) is 4.89 Å². The van der Waals surface area contributed by atoms with Crippen molar-refractivity contribution in [1.82, 2.24) is 0 Å². The highest BCUT2D eigenvalue weighted by atomic mass is 17.2. The van der Waals surface area contributed by atoms with Crippen molar-refractivity contribution in [1.29, 1.82) is 0 Å². The van der Waals surface area contributed by atoms with Crippen molar-refractivity contribution < 1.29 is 14.6 Å². The molecule has 1 fully saturated rings. The number of hydrogen-bond acceptors (Lipinski definition) is 3. The standard InChI is InChI=1S/C8H8O3/c9-7-4-2-1-3-6(7)8-5-10-11-8/h1-3,8H,4-5H2. The fraction of sp³-hybridized carbons (Fsp3) is 0.375. The summed E-state index contributed by atoms with van der Waals surface area (Å²) in [6, 6.07) is 0. The molecule has 0 saturated carbocycles. The lowest BCUT2D eigenvalue weighted by molar-refractivity contribution is -0.412. The zero-order chi connectivity index (χ0) is 7.68. The SMILES string of the molecule is O=C1CC=CC=C1C1COO1. The Hall–Kier alpha value is -0.930. The number of ketones is 1. The average molecular weight is 152 g/mol. The Morgan fingerprint density at radius 3 is 2.91 bits per heavy atom. The van der Waals surface area contributed by atoms with Crippen molar-refractivity contribution in [2.45, 2.75) is 12.5 Å². The third-order valence-corrected chi connectivity index (χ3v) is 1.79. The van der Waals surface area contributed by atoms with E-state index in [1.165, 1.54) is 0 Å². The van der Waals surface area contributed by atoms with Gasteiger partial charge in [-0.25, -0.2) is 9.78 Å². The third kappa shape index (κ3) is 1.13. The van der Waals surface area contributed by atoms with Crippen LogP contribution in [0.5, 0.6) is 0 Å². The van der Waals surface area contributed by atoms with Gasteiger partial charge in [0.15, 0.2) is 5.78 Å². The van der Waals surface area contributed by atoms with Crippen LogP contribution in [0.3, 0.4) is 0 Å². The van der Waals surface area contributed by atoms with Gasteiger partial charge < -0.3 is 0 Å². The summed E-state index contributed by atoms with van der Waals surface area (Å²) < 4.78 is 0. The van der Waals surface area contributed by atoms with E-state index in [-0.39, 0.29) is 11.9 Å². The lowest BCUT2D eigenvalue weighted by atomic mass is 9.98. The van der Waals surface area contributed by atoms with Gasteiger partial charge in [-0.05, 0) is 0 Å². The molecule has 0 aromatic heterocycles. The summed E-state index contributed by atoms with van der Waals surface area (Å²) in [6.07, 6.45) is 5.88. The first-order valence-corrected chi connectivity index (χ1v) is 3.56. The van der Waals surface area contributed by atoms with Crippen molar-refractivity contribution in [2.75, 3.05) is 6.61 Å². The molecule has 1 aliphatic heterocycles. The Morgan fingerprint density at radius 1 is 1.55 bits per heavy atom. The Morgan fingerprint density at radius 2 is 2.36 bits per heavy atom. The Bertz CT molecular complexity index is 236. The second kappa shape index (κ2) is 2.60. The summed E-state index contributed by atoms with van der Waals surface area (Å²) in [6.45, 7) is 0.505. The van der Waals surface area contributed by atoms with Gasteiger partial charge in [0.1, 0.15) is 12.7 Å². The highest BCUT2D eigenvalue weighted by molar-refractivity contribution is 5.98. The summed E-state index contributed by atoms with van der Waals surface area (Å²) in [5, 5.41) is 0. The van der Waals surface area contributed by atoms with Gasteiger partial charge in [-0.2, -0.15) is 0 Å². The first kappa shape index (κ1) is 6.76. The quantitative estimate of drug-likeness (QED) is 0.520. The van der Waals surface area contributed by atoms with Crippen LogP contribution in [0, 0.1) is 0 Å². The van der Waals surface area contributed by atoms with Crippen LogP contribution < -0.4 is 0 Å². The van der Waals surface area contributed by atoms with Gasteiger partial charge in [-0.15, -0.1) is 0 Å². The van der Waals surface area contributed by atoms with Gasteiger partial charge in [0.05, 0.1) is 0 Å². The van der Waals surface area contributed by atoms with Crippen molar-refractivity contribution in [2.24, 2.45) is 0 Å². The van der Waals surface area contributed by atoms with Crippen LogP contribution in [0.1, 0.15) is 6.42 Å². The molecule has 1 heterocycles. The molecule has 1 saturated heterocycles. The van der Waals surface area contributed by atoms with Gasteiger partial charge in [0.25, 0.3) is 0 Å². The number of hydrogen-bond donors (Lipinski definition) is 0. The van der Waals surface area contributed by atoms with E-state index < -0.39 is 0 Å². The molecule has 11 heavy (non-hydrogen) atoms. The molecule has 3 nitrogen and oxygen atoms in total. The van der Waals surface area contributed by atoms with E-state index in [1.54, 1.807) is 6.08 Å². The first-order valence-electron chi connectivity index (χ1n) is 3.56. The second-order valence-electron chi connectivity index (χ2n) is 2.55. The summed E-state index contributed by atoms with van der Waals surface area (Å²) in [4.78, 5) is 20.4. The van der Waals surface area contributed by atoms with E-state index in [4.69, 9.17) is 4.89 Å². The van der Waals surface area contributed by atoms with E-state index in [9.17, 15) is 4.79 Å². The summed E-state index contributed by atoms with van der Waals surface area (Å²) in [5.74, 6) is 0.140. The largest absolute Gasteiger partial charge is 0.294 e. The number of carbonyl (C=O) groups is 1. The second-order valence-corrected chi connectivity index (χ2v) is 2.55. The fourth-order valence-electron chi connectivity index (χ4n) is 1.12. The molecule has 2 aliphatic rings. The molecule has 1 aliphatic carbocycles. The molecular weight excluding hydrogens is 144 g/mol. The molecule has 1 atom stereocenters. The summed E-state index contributed by atoms with van der Waals surface area (Å²) in [7, 11) is 0. The van der Waals surface area contributed by atoms with Gasteiger partial charge in [-0.3, -0.25) is 4.79 Å². The maximum Gasteiger partial charge on any atom is 0.165 e. The minimum atomic E-state index is -0.118. The van der Waals surface area contributed by atoms with E-state index in [0.29, 0.717) is 13.0 Å². The molecule has 58 valence electrons. The molecule has 2 rings (SSSR count). The Balaban J connectivity index is 2.14. The molecule has 0 radical (unpaired) electrons. The topological polar surface area (TPSA) is 35.5 Å². The third-order valence-electron chi connectivity index (χ3n) is 1.79. The van der Waals surface area contributed by atoms with E-state index >= 15 is 0 Å². The van der Waals surface area contributed by atoms with E-state index in [0.717, 1.165) is 5.57 Å². The Kier molecular flexibility index (Phi) is 1.60. The lowest BCUT2D eigenvalue weighted by Crippen LogP contribution is -2.35. The zero-order valence-corrected chi connectivity index (χ0v) is 5.95. The molecule has 1 unspecified atom stereocenters. The number of allylic oxidation sites excluding steroid dienone is 3. The molecular formula is C8H8O3. The Labute approximate surface area is 64.2 Å². The van der Waals surface area contributed by atoms with Crippen LogP contribution in [0.15, 0.2) is 23.8 Å². The van der Waals surface area contributed by atoms with Gasteiger partial charge >= 0.3 is 0 Å². The van der Waals surface area contributed by atoms with Crippen molar-refractivity contribution in [3.63, 3.8) is 0 Å². The number of rotatable bonds is 1. The maximum atomic E-state index is 11.2. The fourth-order valence-corrected chi connectivity index (χ4v) is 1.12. The first-order chi connectivity index (χ1) is 5.38. The smallest absolute Gasteiger partial charge is 0.165 e. The van der Waals surface area contributed by atoms with Crippen LogP contribution in [-0.2, 0) is 14.6 Å². The zero-order valence-electron chi connectivity index (χ0n) is 5.95. The summed E-state index contributed by atoms with van der Waals surface area (Å²) >= 11 is 0. The average Bonchev–Trinajstić information content (AvgIpc) is 1.90. The number of carbonyl (C=O) groups excluding carboxylic acids is 1. The van der Waals surface area contributed by atoms with Crippen molar-refractivity contribution >= 4 is 5.78 Å². The molecule has 0 aromatic rings. The normalized spacial score (nSPS) is 29.6. The molecule has 0 aromatic carbocycles. The highest BCUT2D eigenvalue weighted by Crippen LogP contribution is 2.20. The van der Waals surface area contributed by atoms with Crippen LogP contribution >= 0.6 is 0 Å². The molecule has 0 spiro atoms. The van der Waals surface area contributed by atoms with Crippen LogP contribution in [0.25, 0.3) is 0 Å². The summed E-state index contributed by atoms with van der Waals surface area (Å²) in [5.41, 5.74) is 0.735. The van der Waals surface area contributed by atoms with E-state index in [1.807, 2.05) is 12.2 Å². The minimum Gasteiger partial charge on any atom is -0.294 e. The molecule has 0 N–H and O–H groups in total. The van der Waals surface area contributed by atoms with Crippen molar-refractivity contribution in [3.8, 4) is 0 Å². The molecule has 0 amide bonds. The van der Waals surface area contributed by atoms with Gasteiger partial charge in [0, 0.05) is 12.0 Å². The van der Waals surface area contributed by atoms with Gasteiger partial charge in [0.2, 0.25) is 0 Å². The lowest BCUT2D eigenvalue weighted by Gasteiger charge is -2.26. The predicted molar refractivity (Wildman–Crippen MR) is 37.7 cm³/mol. The van der Waals surface area contributed by atoms with Crippen LogP contribution in [-0.4, -0.2) is 18.5 Å². The maximum absolute atomic E-state index is 11.2. The molecule has 0 bridgehead atoms. The monoisotopic (exact) mass is 152 g/mol. The highest BCUT2D eigenvalue weighted by Gasteiger charge is 2.29. The van der Waals surface area contributed by atoms with Crippen LogP contribution in [0.4, 0.5) is 0 Å². The molecule has 3 heteroatoms.